The van der Waals surface area contributed by atoms with E-state index >= 15 is 0 Å². The fourth-order valence-corrected chi connectivity index (χ4v) is 2.81. The number of hydrogen-bond donors (Lipinski definition) is 3. The van der Waals surface area contributed by atoms with E-state index < -0.39 is 0 Å². The van der Waals surface area contributed by atoms with Gasteiger partial charge in [0.25, 0.3) is 0 Å². The number of unbranched alkanes of at least 4 members (excludes halogenated alkanes) is 2. The second-order valence-corrected chi connectivity index (χ2v) is 6.69. The molecule has 2 aromatic rings. The highest BCUT2D eigenvalue weighted by molar-refractivity contribution is 7.17. The quantitative estimate of drug-likeness (QED) is 0.533. The SMILES string of the molecule is CCCCCNC(=O)Nc1ccc(Oc2cnc(N)s2)c(COCC)c1. The van der Waals surface area contributed by atoms with Crippen LogP contribution >= 0.6 is 11.3 Å². The molecular formula is C18H26N4O3S. The summed E-state index contributed by atoms with van der Waals surface area (Å²) in [7, 11) is 0. The summed E-state index contributed by atoms with van der Waals surface area (Å²) in [6.07, 6.45) is 4.79. The van der Waals surface area contributed by atoms with Crippen molar-refractivity contribution in [1.82, 2.24) is 10.3 Å². The number of carbonyl (C=O) groups excluding carboxylic acids is 1. The van der Waals surface area contributed by atoms with E-state index in [4.69, 9.17) is 15.2 Å². The first-order valence-electron chi connectivity index (χ1n) is 8.77. The van der Waals surface area contributed by atoms with Crippen molar-refractivity contribution in [3.05, 3.63) is 30.0 Å². The van der Waals surface area contributed by atoms with Gasteiger partial charge in [-0.15, -0.1) is 0 Å². The molecule has 142 valence electrons. The number of anilines is 2. The van der Waals surface area contributed by atoms with Gasteiger partial charge in [0.05, 0.1) is 12.8 Å². The van der Waals surface area contributed by atoms with Gasteiger partial charge in [-0.1, -0.05) is 31.1 Å². The number of nitrogen functional groups attached to an aromatic ring is 1. The minimum Gasteiger partial charge on any atom is -0.445 e. The Kier molecular flexibility index (Phi) is 8.17. The van der Waals surface area contributed by atoms with Crippen LogP contribution in [-0.4, -0.2) is 24.2 Å². The van der Waals surface area contributed by atoms with Crippen LogP contribution < -0.4 is 21.1 Å². The number of amides is 2. The minimum atomic E-state index is -0.215. The highest BCUT2D eigenvalue weighted by Gasteiger charge is 2.10. The maximum Gasteiger partial charge on any atom is 0.319 e. The van der Waals surface area contributed by atoms with Gasteiger partial charge in [0.15, 0.2) is 5.13 Å². The summed E-state index contributed by atoms with van der Waals surface area (Å²) in [6.45, 7) is 5.69. The Morgan fingerprint density at radius 3 is 2.85 bits per heavy atom. The van der Waals surface area contributed by atoms with Gasteiger partial charge in [-0.05, 0) is 31.5 Å². The number of nitrogens with one attached hydrogen (secondary N) is 2. The Bertz CT molecular complexity index is 705. The summed E-state index contributed by atoms with van der Waals surface area (Å²) in [5.74, 6) is 0.649. The number of nitrogens with zero attached hydrogens (tertiary/aromatic N) is 1. The molecule has 0 fully saturated rings. The summed E-state index contributed by atoms with van der Waals surface area (Å²) in [5.41, 5.74) is 7.16. The van der Waals surface area contributed by atoms with Crippen LogP contribution in [0, 0.1) is 0 Å². The first-order chi connectivity index (χ1) is 12.6. The first kappa shape index (κ1) is 20.0. The molecule has 7 nitrogen and oxygen atoms in total. The molecule has 0 spiro atoms. The largest absolute Gasteiger partial charge is 0.445 e. The number of benzene rings is 1. The predicted molar refractivity (Wildman–Crippen MR) is 105 cm³/mol. The van der Waals surface area contributed by atoms with E-state index in [-0.39, 0.29) is 6.03 Å². The summed E-state index contributed by atoms with van der Waals surface area (Å²) >= 11 is 1.27. The molecule has 0 saturated carbocycles. The van der Waals surface area contributed by atoms with E-state index in [1.807, 2.05) is 13.0 Å². The maximum absolute atomic E-state index is 12.0. The lowest BCUT2D eigenvalue weighted by molar-refractivity contribution is 0.132. The Hall–Kier alpha value is -2.32. The number of nitrogens with two attached hydrogens (primary N) is 1. The zero-order valence-electron chi connectivity index (χ0n) is 15.2. The van der Waals surface area contributed by atoms with Crippen LogP contribution in [0.3, 0.4) is 0 Å². The van der Waals surface area contributed by atoms with Gasteiger partial charge in [-0.25, -0.2) is 9.78 Å². The number of hydrogen-bond acceptors (Lipinski definition) is 6. The zero-order valence-corrected chi connectivity index (χ0v) is 16.0. The normalized spacial score (nSPS) is 10.5. The van der Waals surface area contributed by atoms with Gasteiger partial charge in [-0.3, -0.25) is 0 Å². The second kappa shape index (κ2) is 10.6. The molecule has 0 bridgehead atoms. The van der Waals surface area contributed by atoms with Crippen molar-refractivity contribution in [2.45, 2.75) is 39.7 Å². The monoisotopic (exact) mass is 378 g/mol. The van der Waals surface area contributed by atoms with Crippen molar-refractivity contribution in [2.24, 2.45) is 0 Å². The molecular weight excluding hydrogens is 352 g/mol. The molecule has 0 aliphatic carbocycles. The van der Waals surface area contributed by atoms with Crippen LogP contribution in [0.15, 0.2) is 24.4 Å². The van der Waals surface area contributed by atoms with Crippen molar-refractivity contribution in [1.29, 1.82) is 0 Å². The Labute approximate surface area is 157 Å². The van der Waals surface area contributed by atoms with Gasteiger partial charge in [0.1, 0.15) is 5.75 Å². The summed E-state index contributed by atoms with van der Waals surface area (Å²) in [5, 5.41) is 6.75. The highest BCUT2D eigenvalue weighted by atomic mass is 32.1. The lowest BCUT2D eigenvalue weighted by Crippen LogP contribution is -2.29. The van der Waals surface area contributed by atoms with Crippen molar-refractivity contribution < 1.29 is 14.3 Å². The van der Waals surface area contributed by atoms with Crippen molar-refractivity contribution in [3.63, 3.8) is 0 Å². The van der Waals surface area contributed by atoms with Crippen LogP contribution in [0.2, 0.25) is 0 Å². The summed E-state index contributed by atoms with van der Waals surface area (Å²) in [6, 6.07) is 5.23. The van der Waals surface area contributed by atoms with Crippen molar-refractivity contribution >= 4 is 28.2 Å². The highest BCUT2D eigenvalue weighted by Crippen LogP contribution is 2.32. The fourth-order valence-electron chi connectivity index (χ4n) is 2.26. The minimum absolute atomic E-state index is 0.215. The molecule has 2 rings (SSSR count). The first-order valence-corrected chi connectivity index (χ1v) is 9.58. The number of rotatable bonds is 10. The number of ether oxygens (including phenoxy) is 2. The average molecular weight is 378 g/mol. The van der Waals surface area contributed by atoms with Crippen molar-refractivity contribution in [3.8, 4) is 10.8 Å². The lowest BCUT2D eigenvalue weighted by Gasteiger charge is -2.13. The van der Waals surface area contributed by atoms with E-state index in [0.29, 0.717) is 41.4 Å². The molecule has 8 heteroatoms. The number of thiazole rings is 1. The van der Waals surface area contributed by atoms with E-state index in [9.17, 15) is 4.79 Å². The van der Waals surface area contributed by atoms with Crippen LogP contribution in [0.25, 0.3) is 0 Å². The van der Waals surface area contributed by atoms with Gasteiger partial charge in [0.2, 0.25) is 5.06 Å². The standard InChI is InChI=1S/C18H26N4O3S/c1-3-5-6-9-20-18(23)22-14-7-8-15(13(10-14)12-24-4-2)25-16-11-21-17(19)26-16/h7-8,10-11H,3-6,9,12H2,1-2H3,(H2,19,21)(H2,20,22,23). The number of aromatic nitrogens is 1. The number of carbonyl (C=O) groups is 1. The topological polar surface area (TPSA) is 98.5 Å². The van der Waals surface area contributed by atoms with Crippen LogP contribution in [0.5, 0.6) is 10.8 Å². The van der Waals surface area contributed by atoms with Crippen LogP contribution in [0.4, 0.5) is 15.6 Å². The zero-order chi connectivity index (χ0) is 18.8. The van der Waals surface area contributed by atoms with E-state index in [0.717, 1.165) is 24.8 Å². The summed E-state index contributed by atoms with van der Waals surface area (Å²) < 4.78 is 11.4. The van der Waals surface area contributed by atoms with E-state index in [1.54, 1.807) is 18.3 Å². The third-order valence-electron chi connectivity index (χ3n) is 3.56. The number of urea groups is 1. The second-order valence-electron chi connectivity index (χ2n) is 5.67. The van der Waals surface area contributed by atoms with Gasteiger partial charge < -0.3 is 25.8 Å². The Morgan fingerprint density at radius 2 is 2.15 bits per heavy atom. The molecule has 1 aromatic heterocycles. The molecule has 0 aliphatic rings. The van der Waals surface area contributed by atoms with Crippen LogP contribution in [-0.2, 0) is 11.3 Å². The van der Waals surface area contributed by atoms with Gasteiger partial charge >= 0.3 is 6.03 Å². The molecule has 1 aromatic carbocycles. The van der Waals surface area contributed by atoms with E-state index in [1.165, 1.54) is 11.3 Å². The maximum atomic E-state index is 12.0. The van der Waals surface area contributed by atoms with E-state index in [2.05, 4.69) is 22.5 Å². The molecule has 0 atom stereocenters. The lowest BCUT2D eigenvalue weighted by atomic mass is 10.2. The average Bonchev–Trinajstić information content (AvgIpc) is 3.03. The Morgan fingerprint density at radius 1 is 1.31 bits per heavy atom. The van der Waals surface area contributed by atoms with Gasteiger partial charge in [0, 0.05) is 24.4 Å². The van der Waals surface area contributed by atoms with Gasteiger partial charge in [-0.2, -0.15) is 0 Å². The fraction of sp³-hybridized carbons (Fsp3) is 0.444. The third kappa shape index (κ3) is 6.53. The molecule has 0 aliphatic heterocycles. The molecule has 0 radical (unpaired) electrons. The smallest absolute Gasteiger partial charge is 0.319 e. The molecule has 1 heterocycles. The predicted octanol–water partition coefficient (Wildman–Crippen LogP) is 4.37. The molecule has 0 saturated heterocycles. The Balaban J connectivity index is 2.02. The summed E-state index contributed by atoms with van der Waals surface area (Å²) in [4.78, 5) is 16.0. The molecule has 4 N–H and O–H groups in total. The molecule has 2 amide bonds. The molecule has 0 unspecified atom stereocenters. The molecule has 26 heavy (non-hydrogen) atoms. The third-order valence-corrected chi connectivity index (χ3v) is 4.26. The van der Waals surface area contributed by atoms with Crippen molar-refractivity contribution in [2.75, 3.05) is 24.2 Å². The van der Waals surface area contributed by atoms with Crippen LogP contribution in [0.1, 0.15) is 38.7 Å².